The van der Waals surface area contributed by atoms with Gasteiger partial charge in [-0.05, 0) is 5.92 Å². The Balaban J connectivity index is 2.56. The summed E-state index contributed by atoms with van der Waals surface area (Å²) < 4.78 is 44.3. The predicted octanol–water partition coefficient (Wildman–Crippen LogP) is 1.20. The van der Waals surface area contributed by atoms with Gasteiger partial charge in [0.15, 0.2) is 5.69 Å². The molecule has 0 aliphatic heterocycles. The first-order valence-corrected chi connectivity index (χ1v) is 6.76. The third-order valence-corrected chi connectivity index (χ3v) is 2.60. The van der Waals surface area contributed by atoms with E-state index in [1.807, 2.05) is 13.8 Å². The van der Waals surface area contributed by atoms with Crippen molar-refractivity contribution < 1.29 is 27.8 Å². The summed E-state index contributed by atoms with van der Waals surface area (Å²) in [5.74, 6) is -0.644. The molecular formula is C13H20F3N3O3. The largest absolute Gasteiger partial charge is 0.435 e. The van der Waals surface area contributed by atoms with Crippen LogP contribution in [0.15, 0.2) is 6.20 Å². The summed E-state index contributed by atoms with van der Waals surface area (Å²) in [6.07, 6.45) is -4.72. The number of alkyl halides is 3. The number of ether oxygens (including phenoxy) is 1. The molecule has 0 aromatic carbocycles. The number of aliphatic hydroxyl groups is 1. The number of nitrogens with zero attached hydrogens (tertiary/aromatic N) is 2. The standard InChI is InChI=1S/C13H20F3N3O3/c1-8(2)6-22-7-9(20)4-17-12(21)10-5-19(3)18-11(10)13(14,15)16/h5,8-9,20H,4,6-7H2,1-3H3,(H,17,21). The van der Waals surface area contributed by atoms with Crippen molar-refractivity contribution in [2.24, 2.45) is 13.0 Å². The SMILES string of the molecule is CC(C)COCC(O)CNC(=O)c1cn(C)nc1C(F)(F)F. The topological polar surface area (TPSA) is 76.4 Å². The second-order valence-corrected chi connectivity index (χ2v) is 5.36. The van der Waals surface area contributed by atoms with Crippen molar-refractivity contribution in [3.8, 4) is 0 Å². The van der Waals surface area contributed by atoms with Crippen molar-refractivity contribution in [2.45, 2.75) is 26.1 Å². The zero-order valence-electron chi connectivity index (χ0n) is 12.6. The molecule has 0 spiro atoms. The number of rotatable bonds is 7. The highest BCUT2D eigenvalue weighted by Crippen LogP contribution is 2.30. The van der Waals surface area contributed by atoms with Gasteiger partial charge in [0.05, 0.1) is 18.3 Å². The molecule has 0 aliphatic rings. The molecule has 1 atom stereocenters. The lowest BCUT2D eigenvalue weighted by molar-refractivity contribution is -0.141. The number of halogens is 3. The second-order valence-electron chi connectivity index (χ2n) is 5.36. The molecule has 1 rings (SSSR count). The van der Waals surface area contributed by atoms with Gasteiger partial charge in [-0.15, -0.1) is 0 Å². The fourth-order valence-electron chi connectivity index (χ4n) is 1.67. The van der Waals surface area contributed by atoms with E-state index in [2.05, 4.69) is 10.4 Å². The van der Waals surface area contributed by atoms with Gasteiger partial charge in [-0.3, -0.25) is 9.48 Å². The van der Waals surface area contributed by atoms with Crippen LogP contribution in [0.3, 0.4) is 0 Å². The van der Waals surface area contributed by atoms with Crippen molar-refractivity contribution >= 4 is 5.91 Å². The van der Waals surface area contributed by atoms with Crippen LogP contribution in [-0.2, 0) is 18.0 Å². The van der Waals surface area contributed by atoms with Crippen LogP contribution in [0.4, 0.5) is 13.2 Å². The number of aromatic nitrogens is 2. The highest BCUT2D eigenvalue weighted by molar-refractivity contribution is 5.95. The van der Waals surface area contributed by atoms with E-state index >= 15 is 0 Å². The Kier molecular flexibility index (Phi) is 6.36. The Morgan fingerprint density at radius 1 is 1.45 bits per heavy atom. The molecule has 0 aliphatic carbocycles. The molecule has 126 valence electrons. The zero-order chi connectivity index (χ0) is 16.9. The van der Waals surface area contributed by atoms with E-state index in [0.717, 1.165) is 10.9 Å². The summed E-state index contributed by atoms with van der Waals surface area (Å²) >= 11 is 0. The zero-order valence-corrected chi connectivity index (χ0v) is 12.6. The lowest BCUT2D eigenvalue weighted by Crippen LogP contribution is -2.35. The smallest absolute Gasteiger partial charge is 0.389 e. The summed E-state index contributed by atoms with van der Waals surface area (Å²) in [7, 11) is 1.29. The first kappa shape index (κ1) is 18.4. The lowest BCUT2D eigenvalue weighted by atomic mass is 10.2. The Morgan fingerprint density at radius 3 is 2.64 bits per heavy atom. The summed E-state index contributed by atoms with van der Waals surface area (Å²) in [6.45, 7) is 4.12. The van der Waals surface area contributed by atoms with Gasteiger partial charge in [-0.2, -0.15) is 18.3 Å². The summed E-state index contributed by atoms with van der Waals surface area (Å²) in [5, 5.41) is 15.1. The van der Waals surface area contributed by atoms with Crippen LogP contribution in [0.2, 0.25) is 0 Å². The summed E-state index contributed by atoms with van der Waals surface area (Å²) in [4.78, 5) is 11.8. The monoisotopic (exact) mass is 323 g/mol. The molecule has 1 amide bonds. The van der Waals surface area contributed by atoms with Gasteiger partial charge < -0.3 is 15.2 Å². The van der Waals surface area contributed by atoms with Crippen molar-refractivity contribution in [1.29, 1.82) is 0 Å². The molecule has 22 heavy (non-hydrogen) atoms. The van der Waals surface area contributed by atoms with Crippen molar-refractivity contribution in [3.05, 3.63) is 17.5 Å². The van der Waals surface area contributed by atoms with Gasteiger partial charge in [-0.1, -0.05) is 13.8 Å². The Labute approximate surface area is 126 Å². The van der Waals surface area contributed by atoms with Gasteiger partial charge in [0.1, 0.15) is 0 Å². The van der Waals surface area contributed by atoms with E-state index < -0.39 is 29.4 Å². The highest BCUT2D eigenvalue weighted by atomic mass is 19.4. The molecule has 1 aromatic rings. The minimum atomic E-state index is -4.72. The number of aliphatic hydroxyl groups excluding tert-OH is 1. The maximum Gasteiger partial charge on any atom is 0.435 e. The number of carbonyl (C=O) groups is 1. The van der Waals surface area contributed by atoms with Gasteiger partial charge >= 0.3 is 6.18 Å². The van der Waals surface area contributed by atoms with Crippen molar-refractivity contribution in [2.75, 3.05) is 19.8 Å². The average molecular weight is 323 g/mol. The van der Waals surface area contributed by atoms with Gasteiger partial charge in [0, 0.05) is 26.4 Å². The van der Waals surface area contributed by atoms with E-state index in [4.69, 9.17) is 4.74 Å². The molecule has 0 saturated carbocycles. The molecule has 6 nitrogen and oxygen atoms in total. The molecule has 0 saturated heterocycles. The minimum Gasteiger partial charge on any atom is -0.389 e. The quantitative estimate of drug-likeness (QED) is 0.791. The number of hydrogen-bond acceptors (Lipinski definition) is 4. The van der Waals surface area contributed by atoms with Crippen LogP contribution < -0.4 is 5.32 Å². The lowest BCUT2D eigenvalue weighted by Gasteiger charge is -2.13. The number of carbonyl (C=O) groups excluding carboxylic acids is 1. The first-order chi connectivity index (χ1) is 10.1. The van der Waals surface area contributed by atoms with Crippen LogP contribution in [0.25, 0.3) is 0 Å². The van der Waals surface area contributed by atoms with Crippen LogP contribution in [0.1, 0.15) is 29.9 Å². The van der Waals surface area contributed by atoms with Crippen LogP contribution in [-0.4, -0.2) is 46.7 Å². The van der Waals surface area contributed by atoms with E-state index in [0.29, 0.717) is 12.5 Å². The fraction of sp³-hybridized carbons (Fsp3) is 0.692. The first-order valence-electron chi connectivity index (χ1n) is 6.76. The highest BCUT2D eigenvalue weighted by Gasteiger charge is 2.38. The second kappa shape index (κ2) is 7.59. The minimum absolute atomic E-state index is 0.00235. The van der Waals surface area contributed by atoms with Crippen molar-refractivity contribution in [3.63, 3.8) is 0 Å². The Bertz CT molecular complexity index is 500. The fourth-order valence-corrected chi connectivity index (χ4v) is 1.67. The number of hydrogen-bond donors (Lipinski definition) is 2. The third kappa shape index (κ3) is 5.64. The van der Waals surface area contributed by atoms with Gasteiger partial charge in [0.25, 0.3) is 5.91 Å². The Hall–Kier alpha value is -1.61. The normalized spacial score (nSPS) is 13.5. The maximum absolute atomic E-state index is 12.7. The predicted molar refractivity (Wildman–Crippen MR) is 72.2 cm³/mol. The van der Waals surface area contributed by atoms with Gasteiger partial charge in [0.2, 0.25) is 0 Å². The maximum atomic E-state index is 12.7. The molecule has 1 unspecified atom stereocenters. The molecule has 2 N–H and O–H groups in total. The van der Waals surface area contributed by atoms with E-state index in [1.54, 1.807) is 0 Å². The molecule has 1 heterocycles. The van der Waals surface area contributed by atoms with Crippen LogP contribution in [0.5, 0.6) is 0 Å². The van der Waals surface area contributed by atoms with Gasteiger partial charge in [-0.25, -0.2) is 0 Å². The summed E-state index contributed by atoms with van der Waals surface area (Å²) in [6, 6.07) is 0. The number of amides is 1. The van der Waals surface area contributed by atoms with Crippen LogP contribution >= 0.6 is 0 Å². The Morgan fingerprint density at radius 2 is 2.09 bits per heavy atom. The van der Waals surface area contributed by atoms with Crippen LogP contribution in [0, 0.1) is 5.92 Å². The van der Waals surface area contributed by atoms with E-state index in [9.17, 15) is 23.1 Å². The third-order valence-electron chi connectivity index (χ3n) is 2.60. The molecular weight excluding hydrogens is 303 g/mol. The molecule has 0 fully saturated rings. The summed E-state index contributed by atoms with van der Waals surface area (Å²) in [5.41, 5.74) is -1.83. The molecule has 0 radical (unpaired) electrons. The van der Waals surface area contributed by atoms with E-state index in [-0.39, 0.29) is 13.2 Å². The van der Waals surface area contributed by atoms with Crippen molar-refractivity contribution in [1.82, 2.24) is 15.1 Å². The number of aryl methyl sites for hydroxylation is 1. The molecule has 9 heteroatoms. The molecule has 1 aromatic heterocycles. The average Bonchev–Trinajstić information content (AvgIpc) is 2.77. The van der Waals surface area contributed by atoms with E-state index in [1.165, 1.54) is 7.05 Å². The number of nitrogens with one attached hydrogen (secondary N) is 1. The molecule has 0 bridgehead atoms.